The van der Waals surface area contributed by atoms with E-state index in [9.17, 15) is 4.79 Å². The van der Waals surface area contributed by atoms with Gasteiger partial charge in [0.25, 0.3) is 0 Å². The van der Waals surface area contributed by atoms with Crippen molar-refractivity contribution in [2.24, 2.45) is 0 Å². The first-order valence-corrected chi connectivity index (χ1v) is 8.37. The standard InChI is InChI=1S/C18H19BrN2O2/c1-4-21-16-10-9-14(20-13-7-5-12(19)6-8-13)11-15(16)18(2,3)23-17(21)22/h5-11,20H,4H2,1-3H3. The maximum Gasteiger partial charge on any atom is 0.415 e. The van der Waals surface area contributed by atoms with Gasteiger partial charge in [0.2, 0.25) is 0 Å². The van der Waals surface area contributed by atoms with E-state index >= 15 is 0 Å². The summed E-state index contributed by atoms with van der Waals surface area (Å²) in [5.41, 5.74) is 3.24. The van der Waals surface area contributed by atoms with Gasteiger partial charge >= 0.3 is 6.09 Å². The van der Waals surface area contributed by atoms with E-state index in [1.165, 1.54) is 0 Å². The molecule has 0 aliphatic carbocycles. The largest absolute Gasteiger partial charge is 0.438 e. The summed E-state index contributed by atoms with van der Waals surface area (Å²) in [4.78, 5) is 13.8. The number of cyclic esters (lactones) is 1. The third-order valence-corrected chi connectivity index (χ3v) is 4.48. The Bertz CT molecular complexity index is 741. The Morgan fingerprint density at radius 2 is 1.78 bits per heavy atom. The molecule has 2 aromatic rings. The second-order valence-corrected chi connectivity index (χ2v) is 6.90. The Labute approximate surface area is 144 Å². The number of benzene rings is 2. The lowest BCUT2D eigenvalue weighted by atomic mass is 9.93. The lowest BCUT2D eigenvalue weighted by Gasteiger charge is -2.38. The van der Waals surface area contributed by atoms with E-state index in [0.29, 0.717) is 6.54 Å². The monoisotopic (exact) mass is 374 g/mol. The molecule has 23 heavy (non-hydrogen) atoms. The number of fused-ring (bicyclic) bond motifs is 1. The van der Waals surface area contributed by atoms with Crippen LogP contribution in [-0.4, -0.2) is 12.6 Å². The molecule has 3 rings (SSSR count). The van der Waals surface area contributed by atoms with Crippen LogP contribution >= 0.6 is 15.9 Å². The minimum Gasteiger partial charge on any atom is -0.438 e. The van der Waals surface area contributed by atoms with Crippen LogP contribution in [0, 0.1) is 0 Å². The average molecular weight is 375 g/mol. The molecule has 1 aliphatic heterocycles. The number of ether oxygens (including phenoxy) is 1. The number of hydrogen-bond acceptors (Lipinski definition) is 3. The first kappa shape index (κ1) is 15.9. The SMILES string of the molecule is CCN1C(=O)OC(C)(C)c2cc(Nc3ccc(Br)cc3)ccc21. The minimum atomic E-state index is -0.643. The topological polar surface area (TPSA) is 41.6 Å². The minimum absolute atomic E-state index is 0.293. The summed E-state index contributed by atoms with van der Waals surface area (Å²) in [5, 5.41) is 3.38. The molecule has 0 aromatic heterocycles. The van der Waals surface area contributed by atoms with Crippen molar-refractivity contribution in [2.45, 2.75) is 26.4 Å². The first-order valence-electron chi connectivity index (χ1n) is 7.58. The van der Waals surface area contributed by atoms with E-state index in [4.69, 9.17) is 4.74 Å². The molecule has 1 aliphatic rings. The number of carbonyl (C=O) groups is 1. The Morgan fingerprint density at radius 1 is 1.13 bits per heavy atom. The molecule has 0 saturated carbocycles. The van der Waals surface area contributed by atoms with Gasteiger partial charge in [0.05, 0.1) is 5.69 Å². The summed E-state index contributed by atoms with van der Waals surface area (Å²) in [6.45, 7) is 6.36. The molecule has 0 saturated heterocycles. The summed E-state index contributed by atoms with van der Waals surface area (Å²) in [5.74, 6) is 0. The van der Waals surface area contributed by atoms with Crippen molar-refractivity contribution in [1.29, 1.82) is 0 Å². The summed E-state index contributed by atoms with van der Waals surface area (Å²) < 4.78 is 6.62. The molecule has 1 N–H and O–H groups in total. The third kappa shape index (κ3) is 3.06. The summed E-state index contributed by atoms with van der Waals surface area (Å²) in [6.07, 6.45) is -0.293. The number of carbonyl (C=O) groups excluding carboxylic acids is 1. The van der Waals surface area contributed by atoms with Gasteiger partial charge in [0, 0.05) is 28.0 Å². The summed E-state index contributed by atoms with van der Waals surface area (Å²) in [7, 11) is 0. The number of rotatable bonds is 3. The molecule has 120 valence electrons. The molecular formula is C18H19BrN2O2. The fourth-order valence-corrected chi connectivity index (χ4v) is 3.02. The van der Waals surface area contributed by atoms with Crippen LogP contribution in [0.15, 0.2) is 46.9 Å². The maximum absolute atomic E-state index is 12.1. The Kier molecular flexibility index (Phi) is 4.06. The molecule has 0 bridgehead atoms. The summed E-state index contributed by atoms with van der Waals surface area (Å²) >= 11 is 3.43. The fourth-order valence-electron chi connectivity index (χ4n) is 2.76. The van der Waals surface area contributed by atoms with Crippen molar-refractivity contribution >= 4 is 39.1 Å². The quantitative estimate of drug-likeness (QED) is 0.781. The van der Waals surface area contributed by atoms with Crippen LogP contribution in [0.3, 0.4) is 0 Å². The molecule has 0 radical (unpaired) electrons. The molecule has 5 heteroatoms. The Balaban J connectivity index is 1.97. The number of hydrogen-bond donors (Lipinski definition) is 1. The number of anilines is 3. The number of amides is 1. The van der Waals surface area contributed by atoms with Crippen LogP contribution in [0.4, 0.5) is 21.9 Å². The van der Waals surface area contributed by atoms with Gasteiger partial charge in [-0.1, -0.05) is 15.9 Å². The zero-order chi connectivity index (χ0) is 16.6. The lowest BCUT2D eigenvalue weighted by Crippen LogP contribution is -2.43. The average Bonchev–Trinajstić information content (AvgIpc) is 2.50. The number of nitrogens with one attached hydrogen (secondary N) is 1. The molecule has 1 heterocycles. The number of nitrogens with zero attached hydrogens (tertiary/aromatic N) is 1. The highest BCUT2D eigenvalue weighted by atomic mass is 79.9. The molecule has 0 fully saturated rings. The highest BCUT2D eigenvalue weighted by Crippen LogP contribution is 2.40. The van der Waals surface area contributed by atoms with Crippen LogP contribution in [0.1, 0.15) is 26.3 Å². The highest BCUT2D eigenvalue weighted by molar-refractivity contribution is 9.10. The van der Waals surface area contributed by atoms with Crippen LogP contribution in [-0.2, 0) is 10.3 Å². The van der Waals surface area contributed by atoms with Crippen molar-refractivity contribution in [2.75, 3.05) is 16.8 Å². The van der Waals surface area contributed by atoms with E-state index in [-0.39, 0.29) is 6.09 Å². The fraction of sp³-hybridized carbons (Fsp3) is 0.278. The predicted molar refractivity (Wildman–Crippen MR) is 96.4 cm³/mol. The van der Waals surface area contributed by atoms with Crippen LogP contribution in [0.2, 0.25) is 0 Å². The van der Waals surface area contributed by atoms with Crippen LogP contribution < -0.4 is 10.2 Å². The molecule has 1 amide bonds. The van der Waals surface area contributed by atoms with Gasteiger partial charge in [-0.2, -0.15) is 0 Å². The second kappa shape index (κ2) is 5.89. The molecule has 0 unspecified atom stereocenters. The molecule has 2 aromatic carbocycles. The van der Waals surface area contributed by atoms with Gasteiger partial charge in [0.15, 0.2) is 0 Å². The smallest absolute Gasteiger partial charge is 0.415 e. The highest BCUT2D eigenvalue weighted by Gasteiger charge is 2.37. The van der Waals surface area contributed by atoms with E-state index in [0.717, 1.165) is 27.1 Å². The summed E-state index contributed by atoms with van der Waals surface area (Å²) in [6, 6.07) is 14.0. The maximum atomic E-state index is 12.1. The first-order chi connectivity index (χ1) is 10.9. The van der Waals surface area contributed by atoms with Gasteiger partial charge in [0.1, 0.15) is 5.60 Å². The molecule has 0 spiro atoms. The van der Waals surface area contributed by atoms with Gasteiger partial charge < -0.3 is 10.1 Å². The van der Waals surface area contributed by atoms with Crippen LogP contribution in [0.25, 0.3) is 0 Å². The van der Waals surface area contributed by atoms with E-state index in [2.05, 4.69) is 21.2 Å². The van der Waals surface area contributed by atoms with E-state index < -0.39 is 5.60 Å². The van der Waals surface area contributed by atoms with Crippen molar-refractivity contribution in [1.82, 2.24) is 0 Å². The second-order valence-electron chi connectivity index (χ2n) is 5.99. The zero-order valence-electron chi connectivity index (χ0n) is 13.4. The zero-order valence-corrected chi connectivity index (χ0v) is 15.0. The molecule has 4 nitrogen and oxygen atoms in total. The Hall–Kier alpha value is -2.01. The van der Waals surface area contributed by atoms with E-state index in [1.807, 2.05) is 63.2 Å². The predicted octanol–water partition coefficient (Wildman–Crippen LogP) is 5.40. The van der Waals surface area contributed by atoms with E-state index in [1.54, 1.807) is 4.90 Å². The molecular weight excluding hydrogens is 356 g/mol. The Morgan fingerprint density at radius 3 is 2.43 bits per heavy atom. The van der Waals surface area contributed by atoms with Crippen molar-refractivity contribution in [3.05, 3.63) is 52.5 Å². The number of halogens is 1. The van der Waals surface area contributed by atoms with Gasteiger partial charge in [-0.05, 0) is 63.2 Å². The van der Waals surface area contributed by atoms with Gasteiger partial charge in [-0.25, -0.2) is 4.79 Å². The van der Waals surface area contributed by atoms with Crippen LogP contribution in [0.5, 0.6) is 0 Å². The molecule has 0 atom stereocenters. The normalized spacial score (nSPS) is 15.8. The van der Waals surface area contributed by atoms with Crippen molar-refractivity contribution < 1.29 is 9.53 Å². The lowest BCUT2D eigenvalue weighted by molar-refractivity contribution is 0.0353. The van der Waals surface area contributed by atoms with Gasteiger partial charge in [-0.3, -0.25) is 4.90 Å². The van der Waals surface area contributed by atoms with Gasteiger partial charge in [-0.15, -0.1) is 0 Å². The van der Waals surface area contributed by atoms with Crippen molar-refractivity contribution in [3.8, 4) is 0 Å². The third-order valence-electron chi connectivity index (χ3n) is 3.95. The van der Waals surface area contributed by atoms with Crippen molar-refractivity contribution in [3.63, 3.8) is 0 Å².